The molecule has 1 aromatic rings. The quantitative estimate of drug-likeness (QED) is 0.664. The Bertz CT molecular complexity index is 607. The number of amides is 2. The van der Waals surface area contributed by atoms with Crippen LogP contribution < -0.4 is 10.2 Å². The second-order valence-corrected chi connectivity index (χ2v) is 4.45. The molecule has 1 atom stereocenters. The number of carbonyl (C=O) groups excluding carboxylic acids is 2. The number of cyclic esters (lactones) is 1. The van der Waals surface area contributed by atoms with Crippen molar-refractivity contribution in [1.29, 1.82) is 0 Å². The van der Waals surface area contributed by atoms with Crippen molar-refractivity contribution >= 4 is 23.4 Å². The maximum atomic E-state index is 13.6. The first-order valence-electron chi connectivity index (χ1n) is 6.05. The van der Waals surface area contributed by atoms with Gasteiger partial charge in [0.1, 0.15) is 6.10 Å². The van der Waals surface area contributed by atoms with Gasteiger partial charge in [0, 0.05) is 19.1 Å². The van der Waals surface area contributed by atoms with E-state index in [9.17, 15) is 24.1 Å². The van der Waals surface area contributed by atoms with E-state index in [4.69, 9.17) is 4.74 Å². The van der Waals surface area contributed by atoms with Gasteiger partial charge in [-0.25, -0.2) is 4.79 Å². The summed E-state index contributed by atoms with van der Waals surface area (Å²) in [6.07, 6.45) is -1.25. The SMILES string of the molecule is CC(=O)NC[C@H]1CN(c2ccc([N+](=O)[O-])c(F)c2)C(=O)O1. The van der Waals surface area contributed by atoms with Gasteiger partial charge in [-0.15, -0.1) is 0 Å². The largest absolute Gasteiger partial charge is 0.442 e. The third kappa shape index (κ3) is 3.25. The second kappa shape index (κ2) is 5.73. The topological polar surface area (TPSA) is 102 Å². The highest BCUT2D eigenvalue weighted by atomic mass is 19.1. The summed E-state index contributed by atoms with van der Waals surface area (Å²) in [4.78, 5) is 33.3. The molecular weight excluding hydrogens is 285 g/mol. The molecule has 2 rings (SSSR count). The Hall–Kier alpha value is -2.71. The molecule has 2 amide bonds. The number of ether oxygens (including phenoxy) is 1. The van der Waals surface area contributed by atoms with E-state index in [2.05, 4.69) is 5.32 Å². The van der Waals surface area contributed by atoms with Crippen LogP contribution in [-0.2, 0) is 9.53 Å². The van der Waals surface area contributed by atoms with Crippen molar-refractivity contribution in [2.24, 2.45) is 0 Å². The lowest BCUT2D eigenvalue weighted by Crippen LogP contribution is -2.33. The lowest BCUT2D eigenvalue weighted by atomic mass is 10.2. The van der Waals surface area contributed by atoms with Crippen LogP contribution in [0.2, 0.25) is 0 Å². The van der Waals surface area contributed by atoms with Gasteiger partial charge in [-0.2, -0.15) is 4.39 Å². The molecule has 1 aliphatic rings. The average molecular weight is 297 g/mol. The summed E-state index contributed by atoms with van der Waals surface area (Å²) in [6.45, 7) is 1.60. The zero-order valence-electron chi connectivity index (χ0n) is 11.0. The van der Waals surface area contributed by atoms with Crippen molar-refractivity contribution in [3.63, 3.8) is 0 Å². The minimum atomic E-state index is -1.03. The summed E-state index contributed by atoms with van der Waals surface area (Å²) < 4.78 is 18.6. The van der Waals surface area contributed by atoms with Gasteiger partial charge in [0.05, 0.1) is 23.7 Å². The summed E-state index contributed by atoms with van der Waals surface area (Å²) in [6, 6.07) is 3.16. The predicted octanol–water partition coefficient (Wildman–Crippen LogP) is 1.20. The molecule has 0 saturated carbocycles. The molecule has 112 valence electrons. The fraction of sp³-hybridized carbons (Fsp3) is 0.333. The van der Waals surface area contributed by atoms with Crippen molar-refractivity contribution in [3.8, 4) is 0 Å². The molecule has 0 bridgehead atoms. The third-order valence-electron chi connectivity index (χ3n) is 2.89. The van der Waals surface area contributed by atoms with Crippen molar-refractivity contribution in [1.82, 2.24) is 5.32 Å². The average Bonchev–Trinajstić information content (AvgIpc) is 2.77. The molecule has 0 aliphatic carbocycles. The zero-order valence-corrected chi connectivity index (χ0v) is 11.0. The first kappa shape index (κ1) is 14.7. The van der Waals surface area contributed by atoms with Gasteiger partial charge >= 0.3 is 11.8 Å². The number of hydrogen-bond donors (Lipinski definition) is 1. The zero-order chi connectivity index (χ0) is 15.6. The standard InChI is InChI=1S/C12H12FN3O5/c1-7(17)14-5-9-6-15(12(18)21-9)8-2-3-11(16(19)20)10(13)4-8/h2-4,9H,5-6H2,1H3,(H,14,17)/t9-/m0/s1. The van der Waals surface area contributed by atoms with E-state index >= 15 is 0 Å². The molecule has 1 fully saturated rings. The van der Waals surface area contributed by atoms with Crippen LogP contribution in [0.3, 0.4) is 0 Å². The molecule has 1 aliphatic heterocycles. The van der Waals surface area contributed by atoms with Crippen molar-refractivity contribution in [2.45, 2.75) is 13.0 Å². The van der Waals surface area contributed by atoms with E-state index in [0.29, 0.717) is 0 Å². The van der Waals surface area contributed by atoms with E-state index in [0.717, 1.165) is 17.0 Å². The lowest BCUT2D eigenvalue weighted by molar-refractivity contribution is -0.387. The first-order chi connectivity index (χ1) is 9.88. The van der Waals surface area contributed by atoms with Crippen LogP contribution in [0.15, 0.2) is 18.2 Å². The third-order valence-corrected chi connectivity index (χ3v) is 2.89. The number of benzene rings is 1. The molecule has 1 heterocycles. The van der Waals surface area contributed by atoms with E-state index < -0.39 is 28.6 Å². The van der Waals surface area contributed by atoms with E-state index in [1.165, 1.54) is 13.0 Å². The second-order valence-electron chi connectivity index (χ2n) is 4.45. The fourth-order valence-corrected chi connectivity index (χ4v) is 1.91. The molecule has 0 unspecified atom stereocenters. The highest BCUT2D eigenvalue weighted by molar-refractivity contribution is 5.90. The van der Waals surface area contributed by atoms with Crippen LogP contribution in [0, 0.1) is 15.9 Å². The summed E-state index contributed by atoms with van der Waals surface area (Å²) in [7, 11) is 0. The Kier molecular flexibility index (Phi) is 4.01. The van der Waals surface area contributed by atoms with Crippen LogP contribution in [0.5, 0.6) is 0 Å². The summed E-state index contributed by atoms with van der Waals surface area (Å²) in [5, 5.41) is 13.0. The number of carbonyl (C=O) groups is 2. The number of rotatable bonds is 4. The maximum Gasteiger partial charge on any atom is 0.414 e. The predicted molar refractivity (Wildman–Crippen MR) is 69.4 cm³/mol. The van der Waals surface area contributed by atoms with Gasteiger partial charge < -0.3 is 10.1 Å². The van der Waals surface area contributed by atoms with Gasteiger partial charge in [-0.1, -0.05) is 0 Å². The van der Waals surface area contributed by atoms with E-state index in [1.54, 1.807) is 0 Å². The molecule has 9 heteroatoms. The number of nitrogens with one attached hydrogen (secondary N) is 1. The molecule has 0 aromatic heterocycles. The number of anilines is 1. The fourth-order valence-electron chi connectivity index (χ4n) is 1.91. The number of halogens is 1. The first-order valence-corrected chi connectivity index (χ1v) is 6.05. The number of hydrogen-bond acceptors (Lipinski definition) is 5. The smallest absolute Gasteiger partial charge is 0.414 e. The van der Waals surface area contributed by atoms with Crippen LogP contribution >= 0.6 is 0 Å². The molecule has 1 N–H and O–H groups in total. The number of nitro groups is 1. The maximum absolute atomic E-state index is 13.6. The molecule has 0 spiro atoms. The molecule has 1 saturated heterocycles. The normalized spacial score (nSPS) is 17.5. The summed E-state index contributed by atoms with van der Waals surface area (Å²) in [5.74, 6) is -1.29. The Morgan fingerprint density at radius 3 is 2.90 bits per heavy atom. The van der Waals surface area contributed by atoms with Gasteiger partial charge in [0.25, 0.3) is 0 Å². The van der Waals surface area contributed by atoms with E-state index in [-0.39, 0.29) is 24.7 Å². The van der Waals surface area contributed by atoms with Gasteiger partial charge in [0.2, 0.25) is 11.7 Å². The monoisotopic (exact) mass is 297 g/mol. The van der Waals surface area contributed by atoms with Crippen LogP contribution in [0.25, 0.3) is 0 Å². The van der Waals surface area contributed by atoms with E-state index in [1.807, 2.05) is 0 Å². The van der Waals surface area contributed by atoms with Crippen LogP contribution in [-0.4, -0.2) is 36.1 Å². The Balaban J connectivity index is 2.12. The number of nitro benzene ring substituents is 1. The van der Waals surface area contributed by atoms with Crippen molar-refractivity contribution in [2.75, 3.05) is 18.0 Å². The molecule has 0 radical (unpaired) electrons. The molecule has 21 heavy (non-hydrogen) atoms. The number of nitrogens with zero attached hydrogens (tertiary/aromatic N) is 2. The van der Waals surface area contributed by atoms with Crippen molar-refractivity contribution in [3.05, 3.63) is 34.1 Å². The Morgan fingerprint density at radius 1 is 1.62 bits per heavy atom. The molecule has 8 nitrogen and oxygen atoms in total. The van der Waals surface area contributed by atoms with Gasteiger partial charge in [-0.05, 0) is 6.07 Å². The summed E-state index contributed by atoms with van der Waals surface area (Å²) in [5.41, 5.74) is -0.505. The summed E-state index contributed by atoms with van der Waals surface area (Å²) >= 11 is 0. The lowest BCUT2D eigenvalue weighted by Gasteiger charge is -2.13. The molecular formula is C12H12FN3O5. The minimum Gasteiger partial charge on any atom is -0.442 e. The van der Waals surface area contributed by atoms with Crippen molar-refractivity contribution < 1.29 is 23.6 Å². The van der Waals surface area contributed by atoms with Gasteiger partial charge in [-0.3, -0.25) is 19.8 Å². The Labute approximate surface area is 118 Å². The van der Waals surface area contributed by atoms with Gasteiger partial charge in [0.15, 0.2) is 0 Å². The minimum absolute atomic E-state index is 0.121. The molecule has 1 aromatic carbocycles. The van der Waals surface area contributed by atoms with Crippen LogP contribution in [0.4, 0.5) is 20.6 Å². The Morgan fingerprint density at radius 2 is 2.33 bits per heavy atom. The highest BCUT2D eigenvalue weighted by Crippen LogP contribution is 2.26. The highest BCUT2D eigenvalue weighted by Gasteiger charge is 2.33. The van der Waals surface area contributed by atoms with Crippen LogP contribution in [0.1, 0.15) is 6.92 Å².